The zero-order chi connectivity index (χ0) is 32.1. The first-order chi connectivity index (χ1) is 20.2. The van der Waals surface area contributed by atoms with Crippen molar-refractivity contribution in [2.24, 2.45) is 18.7 Å². The van der Waals surface area contributed by atoms with Gasteiger partial charge in [-0.25, -0.2) is 14.2 Å². The first-order valence-corrected chi connectivity index (χ1v) is 13.0. The molecule has 1 aliphatic heterocycles. The summed E-state index contributed by atoms with van der Waals surface area (Å²) in [5.74, 6) is -5.58. The van der Waals surface area contributed by atoms with E-state index in [4.69, 9.17) is 32.0 Å². The van der Waals surface area contributed by atoms with Gasteiger partial charge in [-0.3, -0.25) is 9.59 Å². The van der Waals surface area contributed by atoms with E-state index in [1.54, 1.807) is 17.0 Å². The van der Waals surface area contributed by atoms with Crippen molar-refractivity contribution in [1.82, 2.24) is 14.5 Å². The maximum Gasteiger partial charge on any atom is 0.490 e. The van der Waals surface area contributed by atoms with Crippen LogP contribution in [0.5, 0.6) is 5.75 Å². The predicted molar refractivity (Wildman–Crippen MR) is 146 cm³/mol. The Labute approximate surface area is 247 Å². The lowest BCUT2D eigenvalue weighted by molar-refractivity contribution is -0.192. The predicted octanol–water partition coefficient (Wildman–Crippen LogP) is 4.72. The highest BCUT2D eigenvalue weighted by Crippen LogP contribution is 2.30. The van der Waals surface area contributed by atoms with Crippen molar-refractivity contribution in [2.45, 2.75) is 19.0 Å². The third-order valence-electron chi connectivity index (χ3n) is 6.67. The van der Waals surface area contributed by atoms with Crippen LogP contribution in [0.1, 0.15) is 33.8 Å². The molecule has 16 heteroatoms. The number of carbonyl (C=O) groups is 3. The number of carboxylic acid groups (broad SMARTS) is 1. The minimum absolute atomic E-state index is 0.0281. The molecule has 232 valence electrons. The fraction of sp³-hybridized carbons (Fsp3) is 0.333. The Morgan fingerprint density at radius 1 is 1.14 bits per heavy atom. The molecule has 0 spiro atoms. The van der Waals surface area contributed by atoms with E-state index in [-0.39, 0.29) is 33.8 Å². The highest BCUT2D eigenvalue weighted by Gasteiger charge is 2.38. The van der Waals surface area contributed by atoms with Crippen molar-refractivity contribution in [3.05, 3.63) is 64.6 Å². The van der Waals surface area contributed by atoms with Crippen LogP contribution in [-0.4, -0.2) is 70.3 Å². The zero-order valence-electron chi connectivity index (χ0n) is 22.8. The normalized spacial score (nSPS) is 13.7. The van der Waals surface area contributed by atoms with Gasteiger partial charge < -0.3 is 30.4 Å². The topological polar surface area (TPSA) is 140 Å². The number of nitrogens with one attached hydrogen (secondary N) is 1. The Hall–Kier alpha value is -4.24. The van der Waals surface area contributed by atoms with Crippen LogP contribution in [0.3, 0.4) is 0 Å². The van der Waals surface area contributed by atoms with Crippen molar-refractivity contribution in [3.63, 3.8) is 0 Å². The summed E-state index contributed by atoms with van der Waals surface area (Å²) in [5, 5.41) is 10.0. The third kappa shape index (κ3) is 7.78. The van der Waals surface area contributed by atoms with Gasteiger partial charge in [-0.15, -0.1) is 0 Å². The molecule has 0 radical (unpaired) electrons. The molecule has 1 aromatic heterocycles. The van der Waals surface area contributed by atoms with Gasteiger partial charge >= 0.3 is 12.1 Å². The summed E-state index contributed by atoms with van der Waals surface area (Å²) in [6.45, 7) is 1.85. The number of imidazole rings is 1. The number of alkyl halides is 3. The lowest BCUT2D eigenvalue weighted by Gasteiger charge is -2.31. The van der Waals surface area contributed by atoms with Crippen LogP contribution in [0.2, 0.25) is 5.02 Å². The lowest BCUT2D eigenvalue weighted by Crippen LogP contribution is -2.40. The molecule has 0 bridgehead atoms. The van der Waals surface area contributed by atoms with Crippen molar-refractivity contribution in [1.29, 1.82) is 0 Å². The number of nitrogens with zero attached hydrogens (tertiary/aromatic N) is 3. The summed E-state index contributed by atoms with van der Waals surface area (Å²) in [5.41, 5.74) is 6.56. The zero-order valence-corrected chi connectivity index (χ0v) is 23.6. The highest BCUT2D eigenvalue weighted by molar-refractivity contribution is 6.34. The molecule has 1 saturated heterocycles. The molecule has 0 atom stereocenters. The highest BCUT2D eigenvalue weighted by atomic mass is 35.5. The number of aliphatic carboxylic acids is 1. The van der Waals surface area contributed by atoms with Crippen LogP contribution in [-0.2, 0) is 11.8 Å². The Morgan fingerprint density at radius 2 is 1.77 bits per heavy atom. The Morgan fingerprint density at radius 3 is 2.30 bits per heavy atom. The molecule has 4 N–H and O–H groups in total. The molecular weight excluding hydrogens is 605 g/mol. The maximum absolute atomic E-state index is 14.5. The molecule has 1 fully saturated rings. The number of halogens is 6. The van der Waals surface area contributed by atoms with E-state index in [0.717, 1.165) is 12.8 Å². The molecule has 10 nitrogen and oxygen atoms in total. The summed E-state index contributed by atoms with van der Waals surface area (Å²) < 4.78 is 66.6. The number of hydrogen-bond donors (Lipinski definition) is 3. The first-order valence-electron chi connectivity index (χ1n) is 12.6. The van der Waals surface area contributed by atoms with Crippen LogP contribution in [0.25, 0.3) is 11.3 Å². The van der Waals surface area contributed by atoms with Crippen LogP contribution < -0.4 is 15.8 Å². The number of nitrogens with two attached hydrogens (primary N) is 1. The maximum atomic E-state index is 14.5. The van der Waals surface area contributed by atoms with Crippen molar-refractivity contribution >= 4 is 35.1 Å². The monoisotopic (exact) mass is 631 g/mol. The molecule has 0 unspecified atom stereocenters. The number of aromatic nitrogens is 2. The smallest absolute Gasteiger partial charge is 0.490 e. The Kier molecular flexibility index (Phi) is 10.7. The number of anilines is 1. The number of methoxy groups -OCH3 is 1. The first kappa shape index (κ1) is 33.3. The van der Waals surface area contributed by atoms with Gasteiger partial charge in [0.05, 0.1) is 29.6 Å². The summed E-state index contributed by atoms with van der Waals surface area (Å²) >= 11 is 6.37. The summed E-state index contributed by atoms with van der Waals surface area (Å²) in [6, 6.07) is 7.28. The third-order valence-corrected chi connectivity index (χ3v) is 6.98. The summed E-state index contributed by atoms with van der Waals surface area (Å²) in [6.07, 6.45) is -2.10. The van der Waals surface area contributed by atoms with E-state index in [1.807, 2.05) is 0 Å². The average molecular weight is 632 g/mol. The Balaban J connectivity index is 0.000000646. The van der Waals surface area contributed by atoms with Gasteiger partial charge in [0.25, 0.3) is 11.8 Å². The number of piperidine rings is 1. The van der Waals surface area contributed by atoms with E-state index < -0.39 is 29.7 Å². The molecule has 0 saturated carbocycles. The molecule has 43 heavy (non-hydrogen) atoms. The molecule has 0 aliphatic carbocycles. The van der Waals surface area contributed by atoms with Crippen LogP contribution in [0.15, 0.2) is 36.5 Å². The molecule has 1 aliphatic rings. The van der Waals surface area contributed by atoms with E-state index >= 15 is 0 Å². The van der Waals surface area contributed by atoms with Gasteiger partial charge in [0.15, 0.2) is 17.4 Å². The van der Waals surface area contributed by atoms with Crippen LogP contribution in [0, 0.1) is 17.6 Å². The molecular formula is C27H27ClF5N5O5. The number of amides is 2. The number of rotatable bonds is 6. The number of carbonyl (C=O) groups excluding carboxylic acids is 2. The molecule has 4 rings (SSSR count). The number of hydrogen-bond acceptors (Lipinski definition) is 6. The quantitative estimate of drug-likeness (QED) is 0.335. The number of benzene rings is 2. The Bertz CT molecular complexity index is 1510. The van der Waals surface area contributed by atoms with Gasteiger partial charge in [0.1, 0.15) is 0 Å². The lowest BCUT2D eigenvalue weighted by atomic mass is 9.96. The van der Waals surface area contributed by atoms with E-state index in [9.17, 15) is 31.5 Å². The largest absolute Gasteiger partial charge is 0.494 e. The minimum Gasteiger partial charge on any atom is -0.494 e. The van der Waals surface area contributed by atoms with Gasteiger partial charge in [-0.2, -0.15) is 17.6 Å². The molecule has 3 aromatic rings. The molecule has 2 aromatic carbocycles. The molecule has 2 heterocycles. The second kappa shape index (κ2) is 13.8. The van der Waals surface area contributed by atoms with Crippen molar-refractivity contribution < 1.29 is 46.2 Å². The minimum atomic E-state index is -5.08. The number of carboxylic acids is 1. The van der Waals surface area contributed by atoms with Crippen LogP contribution >= 0.6 is 11.6 Å². The van der Waals surface area contributed by atoms with Crippen molar-refractivity contribution in [3.8, 4) is 17.0 Å². The average Bonchev–Trinajstić information content (AvgIpc) is 3.35. The summed E-state index contributed by atoms with van der Waals surface area (Å²) in [4.78, 5) is 40.5. The second-order valence-corrected chi connectivity index (χ2v) is 9.80. The standard InChI is InChI=1S/C25H26ClF2N5O3.C2HF3O2/c1-32-19(17-5-6-20(36-2)22(28)21(17)27)13-30-23(32)24(34)31-15-3-4-16(18(26)11-15)25(35)33-9-7-14(12-29)8-10-33;3-2(4,5)1(6)7/h3-6,11,13-14H,7-10,12,29H2,1-2H3,(H,31,34);(H,6,7). The van der Waals surface area contributed by atoms with Gasteiger partial charge in [-0.1, -0.05) is 11.6 Å². The number of likely N-dealkylation sites (tertiary alicyclic amines) is 1. The molecule has 2 amide bonds. The van der Waals surface area contributed by atoms with E-state index in [0.29, 0.717) is 36.8 Å². The fourth-order valence-electron chi connectivity index (χ4n) is 4.25. The SMILES string of the molecule is COc1ccc(-c2cnc(C(=O)Nc3ccc(C(=O)N4CCC(CN)CC4)c(Cl)c3)n2C)c(F)c1F.O=C(O)C(F)(F)F. The summed E-state index contributed by atoms with van der Waals surface area (Å²) in [7, 11) is 2.76. The van der Waals surface area contributed by atoms with Gasteiger partial charge in [0, 0.05) is 31.4 Å². The fourth-order valence-corrected chi connectivity index (χ4v) is 4.51. The van der Waals surface area contributed by atoms with Gasteiger partial charge in [-0.05, 0) is 55.6 Å². The van der Waals surface area contributed by atoms with Gasteiger partial charge in [0.2, 0.25) is 5.82 Å². The van der Waals surface area contributed by atoms with Crippen LogP contribution in [0.4, 0.5) is 27.6 Å². The second-order valence-electron chi connectivity index (χ2n) is 9.39. The van der Waals surface area contributed by atoms with E-state index in [2.05, 4.69) is 10.3 Å². The number of ether oxygens (including phenoxy) is 1. The van der Waals surface area contributed by atoms with E-state index in [1.165, 1.54) is 43.1 Å². The van der Waals surface area contributed by atoms with Crippen molar-refractivity contribution in [2.75, 3.05) is 32.1 Å².